The summed E-state index contributed by atoms with van der Waals surface area (Å²) in [6.07, 6.45) is 0.496. The molecule has 2 aromatic heterocycles. The number of aromatic nitrogens is 3. The minimum absolute atomic E-state index is 0.0835. The second-order valence-corrected chi connectivity index (χ2v) is 9.78. The van der Waals surface area contributed by atoms with Crippen molar-refractivity contribution in [2.75, 3.05) is 32.0 Å². The van der Waals surface area contributed by atoms with E-state index in [9.17, 15) is 18.3 Å². The monoisotopic (exact) mass is 451 g/mol. The lowest BCUT2D eigenvalue weighted by Gasteiger charge is -2.74. The van der Waals surface area contributed by atoms with Crippen molar-refractivity contribution in [1.29, 1.82) is 0 Å². The largest absolute Gasteiger partial charge is 0.419 e. The molecule has 3 aliphatic carbocycles. The quantitative estimate of drug-likeness (QED) is 0.726. The van der Waals surface area contributed by atoms with Gasteiger partial charge in [-0.2, -0.15) is 13.2 Å². The van der Waals surface area contributed by atoms with E-state index in [0.717, 1.165) is 51.6 Å². The maximum atomic E-state index is 13.3. The molecular formula is C22H28F3N5O2. The predicted molar refractivity (Wildman–Crippen MR) is 112 cm³/mol. The number of nitrogen functional groups attached to an aromatic ring is 1. The molecule has 3 saturated carbocycles. The van der Waals surface area contributed by atoms with Gasteiger partial charge in [-0.15, -0.1) is 0 Å². The van der Waals surface area contributed by atoms with E-state index in [0.29, 0.717) is 11.5 Å². The number of morpholine rings is 1. The molecule has 32 heavy (non-hydrogen) atoms. The SMILES string of the molecule is CC(C)[C@H](O)c1nc(-c2cnc(N)c(C(F)(F)F)c2)cn1C12CC(N3CCOCC3)(C1)C2. The van der Waals surface area contributed by atoms with Crippen LogP contribution in [0.5, 0.6) is 0 Å². The molecule has 174 valence electrons. The zero-order chi connectivity index (χ0) is 22.9. The molecule has 0 amide bonds. The summed E-state index contributed by atoms with van der Waals surface area (Å²) < 4.78 is 47.5. The molecule has 10 heteroatoms. The van der Waals surface area contributed by atoms with Crippen LogP contribution in [0.3, 0.4) is 0 Å². The van der Waals surface area contributed by atoms with Crippen LogP contribution < -0.4 is 5.73 Å². The Morgan fingerprint density at radius 3 is 2.41 bits per heavy atom. The highest BCUT2D eigenvalue weighted by Gasteiger charge is 2.71. The van der Waals surface area contributed by atoms with E-state index in [-0.39, 0.29) is 22.6 Å². The summed E-state index contributed by atoms with van der Waals surface area (Å²) in [5, 5.41) is 10.9. The van der Waals surface area contributed by atoms with Crippen molar-refractivity contribution in [2.24, 2.45) is 5.92 Å². The van der Waals surface area contributed by atoms with E-state index < -0.39 is 23.7 Å². The first-order valence-corrected chi connectivity index (χ1v) is 11.0. The van der Waals surface area contributed by atoms with E-state index in [1.165, 1.54) is 6.20 Å². The second kappa shape index (κ2) is 7.16. The summed E-state index contributed by atoms with van der Waals surface area (Å²) >= 11 is 0. The molecule has 3 N–H and O–H groups in total. The van der Waals surface area contributed by atoms with Crippen molar-refractivity contribution in [3.05, 3.63) is 29.8 Å². The number of alkyl halides is 3. The summed E-state index contributed by atoms with van der Waals surface area (Å²) in [5.74, 6) is -0.148. The van der Waals surface area contributed by atoms with Crippen LogP contribution in [0.4, 0.5) is 19.0 Å². The molecular weight excluding hydrogens is 423 g/mol. The summed E-state index contributed by atoms with van der Waals surface area (Å²) in [6.45, 7) is 7.12. The van der Waals surface area contributed by atoms with Gasteiger partial charge >= 0.3 is 6.18 Å². The van der Waals surface area contributed by atoms with Gasteiger partial charge in [0.25, 0.3) is 0 Å². The first kappa shape index (κ1) is 21.7. The average Bonchev–Trinajstić information content (AvgIpc) is 3.10. The summed E-state index contributed by atoms with van der Waals surface area (Å²) in [5.41, 5.74) is 5.09. The van der Waals surface area contributed by atoms with Gasteiger partial charge in [0.2, 0.25) is 0 Å². The lowest BCUT2D eigenvalue weighted by molar-refractivity contribution is -0.222. The summed E-state index contributed by atoms with van der Waals surface area (Å²) in [6, 6.07) is 0.984. The van der Waals surface area contributed by atoms with Crippen LogP contribution in [0.25, 0.3) is 11.3 Å². The van der Waals surface area contributed by atoms with Gasteiger partial charge in [0, 0.05) is 36.6 Å². The third kappa shape index (κ3) is 3.22. The summed E-state index contributed by atoms with van der Waals surface area (Å²) in [4.78, 5) is 10.8. The van der Waals surface area contributed by atoms with Gasteiger partial charge < -0.3 is 20.1 Å². The third-order valence-electron chi connectivity index (χ3n) is 7.32. The Labute approximate surface area is 184 Å². The molecule has 2 aromatic rings. The van der Waals surface area contributed by atoms with Crippen molar-refractivity contribution in [3.8, 4) is 11.3 Å². The van der Waals surface area contributed by atoms with Gasteiger partial charge in [0.15, 0.2) is 0 Å². The zero-order valence-corrected chi connectivity index (χ0v) is 18.2. The number of nitrogens with two attached hydrogens (primary N) is 1. The number of pyridine rings is 1. The first-order valence-electron chi connectivity index (χ1n) is 11.0. The Bertz CT molecular complexity index is 1010. The number of anilines is 1. The molecule has 0 radical (unpaired) electrons. The molecule has 0 spiro atoms. The Morgan fingerprint density at radius 2 is 1.81 bits per heavy atom. The predicted octanol–water partition coefficient (Wildman–Crippen LogP) is 3.20. The van der Waals surface area contributed by atoms with E-state index in [1.54, 1.807) is 6.20 Å². The van der Waals surface area contributed by atoms with E-state index >= 15 is 0 Å². The Morgan fingerprint density at radius 1 is 1.16 bits per heavy atom. The van der Waals surface area contributed by atoms with Gasteiger partial charge in [-0.05, 0) is 31.2 Å². The van der Waals surface area contributed by atoms with Crippen LogP contribution in [0, 0.1) is 5.92 Å². The average molecular weight is 451 g/mol. The minimum atomic E-state index is -4.60. The number of ether oxygens (including phenoxy) is 1. The van der Waals surface area contributed by atoms with Crippen molar-refractivity contribution < 1.29 is 23.0 Å². The van der Waals surface area contributed by atoms with Gasteiger partial charge in [-0.1, -0.05) is 13.8 Å². The number of halogens is 3. The topological polar surface area (TPSA) is 89.4 Å². The fraction of sp³-hybridized carbons (Fsp3) is 0.636. The fourth-order valence-electron chi connectivity index (χ4n) is 5.57. The molecule has 0 aromatic carbocycles. The van der Waals surface area contributed by atoms with Crippen LogP contribution in [-0.4, -0.2) is 56.4 Å². The van der Waals surface area contributed by atoms with Crippen molar-refractivity contribution in [3.63, 3.8) is 0 Å². The number of hydrogen-bond donors (Lipinski definition) is 2. The van der Waals surface area contributed by atoms with Gasteiger partial charge in [-0.3, -0.25) is 4.90 Å². The highest BCUT2D eigenvalue weighted by atomic mass is 19.4. The molecule has 2 bridgehead atoms. The Balaban J connectivity index is 1.49. The maximum absolute atomic E-state index is 13.3. The molecule has 4 fully saturated rings. The van der Waals surface area contributed by atoms with E-state index in [4.69, 9.17) is 10.5 Å². The normalized spacial score (nSPS) is 29.0. The number of aliphatic hydroxyl groups is 1. The van der Waals surface area contributed by atoms with Crippen LogP contribution in [0.1, 0.15) is 50.6 Å². The van der Waals surface area contributed by atoms with Crippen LogP contribution in [0.2, 0.25) is 0 Å². The second-order valence-electron chi connectivity index (χ2n) is 9.78. The zero-order valence-electron chi connectivity index (χ0n) is 18.2. The fourth-order valence-corrected chi connectivity index (χ4v) is 5.57. The van der Waals surface area contributed by atoms with E-state index in [2.05, 4.69) is 14.9 Å². The van der Waals surface area contributed by atoms with Crippen molar-refractivity contribution in [1.82, 2.24) is 19.4 Å². The number of nitrogens with zero attached hydrogens (tertiary/aromatic N) is 4. The van der Waals surface area contributed by atoms with Gasteiger partial charge in [0.05, 0.1) is 30.0 Å². The lowest BCUT2D eigenvalue weighted by Crippen LogP contribution is -2.79. The molecule has 1 saturated heterocycles. The number of aliphatic hydroxyl groups excluding tert-OH is 1. The number of hydrogen-bond acceptors (Lipinski definition) is 6. The summed E-state index contributed by atoms with van der Waals surface area (Å²) in [7, 11) is 0. The van der Waals surface area contributed by atoms with Crippen LogP contribution in [0.15, 0.2) is 18.5 Å². The van der Waals surface area contributed by atoms with Crippen molar-refractivity contribution >= 4 is 5.82 Å². The standard InChI is InChI=1S/C22H28F3N5O2/c1-13(2)17(31)19-28-16(14-7-15(22(23,24)25)18(26)27-8-14)9-30(19)21-10-20(11-21,12-21)29-3-5-32-6-4-29/h7-9,13,17,31H,3-6,10-12H2,1-2H3,(H2,26,27)/t17-,20?,21?/m0/s1. The highest BCUT2D eigenvalue weighted by Crippen LogP contribution is 2.68. The van der Waals surface area contributed by atoms with Crippen molar-refractivity contribution in [2.45, 2.75) is 56.5 Å². The number of imidazole rings is 1. The Kier molecular flexibility index (Phi) is 4.85. The Hall–Kier alpha value is -2.17. The number of rotatable bonds is 5. The van der Waals surface area contributed by atoms with E-state index in [1.807, 2.05) is 18.4 Å². The van der Waals surface area contributed by atoms with Crippen LogP contribution >= 0.6 is 0 Å². The molecule has 1 atom stereocenters. The van der Waals surface area contributed by atoms with Crippen LogP contribution in [-0.2, 0) is 16.5 Å². The third-order valence-corrected chi connectivity index (χ3v) is 7.32. The molecule has 3 heterocycles. The minimum Gasteiger partial charge on any atom is -0.385 e. The van der Waals surface area contributed by atoms with Gasteiger partial charge in [-0.25, -0.2) is 9.97 Å². The van der Waals surface area contributed by atoms with Gasteiger partial charge in [0.1, 0.15) is 17.7 Å². The lowest BCUT2D eigenvalue weighted by atomic mass is 9.43. The highest BCUT2D eigenvalue weighted by molar-refractivity contribution is 5.62. The maximum Gasteiger partial charge on any atom is 0.419 e. The smallest absolute Gasteiger partial charge is 0.385 e. The molecule has 1 aliphatic heterocycles. The molecule has 7 nitrogen and oxygen atoms in total. The first-order chi connectivity index (χ1) is 15.0. The molecule has 4 aliphatic rings. The molecule has 6 rings (SSSR count). The molecule has 0 unspecified atom stereocenters.